The van der Waals surface area contributed by atoms with Gasteiger partial charge in [0.15, 0.2) is 0 Å². The molecule has 2 N–H and O–H groups in total. The van der Waals surface area contributed by atoms with E-state index in [1.165, 1.54) is 17.3 Å². The van der Waals surface area contributed by atoms with Crippen LogP contribution < -0.4 is 0 Å². The minimum absolute atomic E-state index is 0.0430. The molecule has 5 rings (SSSR count). The van der Waals surface area contributed by atoms with Crippen molar-refractivity contribution in [1.29, 1.82) is 0 Å². The average Bonchev–Trinajstić information content (AvgIpc) is 3.41. The number of hydrogen-bond acceptors (Lipinski definition) is 4. The van der Waals surface area contributed by atoms with Gasteiger partial charge in [-0.2, -0.15) is 8.42 Å². The van der Waals surface area contributed by atoms with Gasteiger partial charge in [0.05, 0.1) is 21.6 Å². The van der Waals surface area contributed by atoms with Gasteiger partial charge in [0, 0.05) is 17.7 Å². The van der Waals surface area contributed by atoms with Gasteiger partial charge < -0.3 is 4.98 Å². The van der Waals surface area contributed by atoms with Crippen LogP contribution in [0.25, 0.3) is 33.5 Å². The average molecular weight is 474 g/mol. The highest BCUT2D eigenvalue weighted by atomic mass is 32.2. The molecule has 6 nitrogen and oxygen atoms in total. The molecule has 0 saturated heterocycles. The summed E-state index contributed by atoms with van der Waals surface area (Å²) < 4.78 is 33.7. The number of aliphatic imine (C=N–C) groups is 1. The Morgan fingerprint density at radius 2 is 1.59 bits per heavy atom. The van der Waals surface area contributed by atoms with E-state index in [4.69, 9.17) is 4.99 Å². The number of nitrogens with zero attached hydrogens (tertiary/aromatic N) is 2. The molecule has 7 heteroatoms. The molecule has 174 valence electrons. The smallest absolute Gasteiger partial charge is 0.294 e. The molecule has 0 saturated carbocycles. The molecule has 0 spiro atoms. The quantitative estimate of drug-likeness (QED) is 0.321. The van der Waals surface area contributed by atoms with Gasteiger partial charge >= 0.3 is 0 Å². The highest BCUT2D eigenvalue weighted by molar-refractivity contribution is 7.85. The van der Waals surface area contributed by atoms with Gasteiger partial charge in [0.25, 0.3) is 10.1 Å². The maximum absolute atomic E-state index is 12.0. The van der Waals surface area contributed by atoms with Crippen molar-refractivity contribution in [3.05, 3.63) is 65.7 Å². The molecule has 0 radical (unpaired) electrons. The summed E-state index contributed by atoms with van der Waals surface area (Å²) in [4.78, 5) is 12.6. The van der Waals surface area contributed by atoms with E-state index in [9.17, 15) is 13.0 Å². The van der Waals surface area contributed by atoms with Crippen LogP contribution in [0.5, 0.6) is 0 Å². The molecule has 0 unspecified atom stereocenters. The second kappa shape index (κ2) is 8.18. The summed E-state index contributed by atoms with van der Waals surface area (Å²) in [5.74, 6) is 0.946. The first-order chi connectivity index (χ1) is 16.1. The van der Waals surface area contributed by atoms with Crippen LogP contribution in [0.3, 0.4) is 0 Å². The second-order valence-electron chi connectivity index (χ2n) is 9.48. The van der Waals surface area contributed by atoms with E-state index in [1.54, 1.807) is 6.07 Å². The number of imidazole rings is 1. The Hall–Kier alpha value is -3.29. The lowest BCUT2D eigenvalue weighted by Gasteiger charge is -2.11. The van der Waals surface area contributed by atoms with Gasteiger partial charge in [0.2, 0.25) is 0 Å². The molecular weight excluding hydrogens is 446 g/mol. The molecule has 0 amide bonds. The summed E-state index contributed by atoms with van der Waals surface area (Å²) in [6, 6.07) is 17.5. The van der Waals surface area contributed by atoms with E-state index in [0.29, 0.717) is 22.9 Å². The van der Waals surface area contributed by atoms with E-state index in [-0.39, 0.29) is 10.8 Å². The summed E-state index contributed by atoms with van der Waals surface area (Å²) in [7, 11) is -4.35. The lowest BCUT2D eigenvalue weighted by Crippen LogP contribution is -2.06. The second-order valence-corrected chi connectivity index (χ2v) is 10.9. The summed E-state index contributed by atoms with van der Waals surface area (Å²) in [6.07, 6.45) is 0.889. The summed E-state index contributed by atoms with van der Waals surface area (Å²) in [5, 5.41) is 0. The van der Waals surface area contributed by atoms with Gasteiger partial charge in [-0.25, -0.2) is 4.98 Å². The third kappa shape index (κ3) is 4.06. The number of nitrogens with one attached hydrogen (secondary N) is 1. The summed E-state index contributed by atoms with van der Waals surface area (Å²) >= 11 is 0. The summed E-state index contributed by atoms with van der Waals surface area (Å²) in [6.45, 7) is 8.12. The molecule has 1 aliphatic rings. The van der Waals surface area contributed by atoms with Crippen LogP contribution in [0.15, 0.2) is 64.5 Å². The van der Waals surface area contributed by atoms with Gasteiger partial charge in [0.1, 0.15) is 5.82 Å². The first-order valence-corrected chi connectivity index (χ1v) is 12.9. The molecule has 0 bridgehead atoms. The van der Waals surface area contributed by atoms with Crippen molar-refractivity contribution in [2.24, 2.45) is 10.9 Å². The largest absolute Gasteiger partial charge is 0.338 e. The first kappa shape index (κ1) is 22.5. The highest BCUT2D eigenvalue weighted by Gasteiger charge is 2.20. The number of H-pyrrole nitrogens is 1. The maximum atomic E-state index is 12.0. The van der Waals surface area contributed by atoms with Crippen LogP contribution >= 0.6 is 0 Å². The number of aromatic nitrogens is 2. The number of hydrogen-bond donors (Lipinski definition) is 2. The van der Waals surface area contributed by atoms with E-state index in [0.717, 1.165) is 34.3 Å². The van der Waals surface area contributed by atoms with Crippen molar-refractivity contribution in [3.8, 4) is 22.5 Å². The number of aromatic amines is 1. The Bertz CT molecular complexity index is 1560. The fourth-order valence-electron chi connectivity index (χ4n) is 4.45. The van der Waals surface area contributed by atoms with Gasteiger partial charge in [-0.05, 0) is 64.4 Å². The van der Waals surface area contributed by atoms with Gasteiger partial charge in [-0.1, -0.05) is 52.0 Å². The van der Waals surface area contributed by atoms with Crippen LogP contribution in [-0.4, -0.2) is 28.7 Å². The highest BCUT2D eigenvalue weighted by Crippen LogP contribution is 2.34. The number of benzene rings is 3. The molecule has 34 heavy (non-hydrogen) atoms. The Labute approximate surface area is 199 Å². The maximum Gasteiger partial charge on any atom is 0.294 e. The third-order valence-electron chi connectivity index (χ3n) is 6.38. The zero-order chi connectivity index (χ0) is 24.2. The van der Waals surface area contributed by atoms with Crippen molar-refractivity contribution >= 4 is 32.6 Å². The summed E-state index contributed by atoms with van der Waals surface area (Å²) in [5.41, 5.74) is 8.51. The van der Waals surface area contributed by atoms with E-state index in [2.05, 4.69) is 48.1 Å². The Morgan fingerprint density at radius 3 is 2.29 bits per heavy atom. The topological polar surface area (TPSA) is 95.4 Å². The third-order valence-corrected chi connectivity index (χ3v) is 7.29. The van der Waals surface area contributed by atoms with Crippen molar-refractivity contribution in [2.75, 3.05) is 0 Å². The van der Waals surface area contributed by atoms with Crippen LogP contribution in [0.4, 0.5) is 5.69 Å². The fraction of sp³-hybridized carbons (Fsp3) is 0.259. The minimum atomic E-state index is -4.35. The monoisotopic (exact) mass is 473 g/mol. The number of rotatable bonds is 5. The van der Waals surface area contributed by atoms with Crippen LogP contribution in [0.1, 0.15) is 44.7 Å². The molecule has 4 aromatic rings. The molecular formula is C27H27N3O3S. The lowest BCUT2D eigenvalue weighted by molar-refractivity contribution is 0.481. The standard InChI is InChI=1S/C27H27N3O3S/c1-15(2)21-8-5-19(14-26(21)34(31,32)33)27-29-23-10-7-18(12-25(23)30-27)17-6-9-22-20(11-17)13-24(28-22)16(3)4/h5-12,14-16H,13H2,1-4H3,(H,29,30)(H,31,32,33). The first-order valence-electron chi connectivity index (χ1n) is 11.4. The van der Waals surface area contributed by atoms with E-state index >= 15 is 0 Å². The molecule has 1 aliphatic heterocycles. The predicted octanol–water partition coefficient (Wildman–Crippen LogP) is 6.55. The molecule has 1 aromatic heterocycles. The van der Waals surface area contributed by atoms with Gasteiger partial charge in [-0.15, -0.1) is 0 Å². The molecule has 0 aliphatic carbocycles. The Balaban J connectivity index is 1.51. The van der Waals surface area contributed by atoms with Crippen molar-refractivity contribution in [2.45, 2.75) is 44.9 Å². The lowest BCUT2D eigenvalue weighted by atomic mass is 9.98. The predicted molar refractivity (Wildman–Crippen MR) is 137 cm³/mol. The van der Waals surface area contributed by atoms with Crippen molar-refractivity contribution in [3.63, 3.8) is 0 Å². The molecule has 0 fully saturated rings. The van der Waals surface area contributed by atoms with Crippen LogP contribution in [0.2, 0.25) is 0 Å². The molecule has 0 atom stereocenters. The van der Waals surface area contributed by atoms with Crippen LogP contribution in [0, 0.1) is 5.92 Å². The van der Waals surface area contributed by atoms with Crippen LogP contribution in [-0.2, 0) is 16.5 Å². The zero-order valence-corrected chi connectivity index (χ0v) is 20.4. The van der Waals surface area contributed by atoms with Crippen molar-refractivity contribution in [1.82, 2.24) is 9.97 Å². The van der Waals surface area contributed by atoms with E-state index < -0.39 is 10.1 Å². The SMILES string of the molecule is CC(C)C1=Nc2ccc(-c3ccc4nc(-c5ccc(C(C)C)c(S(=O)(=O)O)c5)[nH]c4c3)cc2C1. The fourth-order valence-corrected chi connectivity index (χ4v) is 5.32. The molecule has 2 heterocycles. The van der Waals surface area contributed by atoms with Crippen molar-refractivity contribution < 1.29 is 13.0 Å². The normalized spacial score (nSPS) is 13.7. The van der Waals surface area contributed by atoms with E-state index in [1.807, 2.05) is 32.0 Å². The Kier molecular flexibility index (Phi) is 5.41. The van der Waals surface area contributed by atoms with Gasteiger partial charge in [-0.3, -0.25) is 9.55 Å². The Morgan fingerprint density at radius 1 is 0.882 bits per heavy atom. The molecule has 3 aromatic carbocycles. The minimum Gasteiger partial charge on any atom is -0.338 e. The number of fused-ring (bicyclic) bond motifs is 2. The zero-order valence-electron chi connectivity index (χ0n) is 19.6.